The number of rotatable bonds is 3. The van der Waals surface area contributed by atoms with Crippen LogP contribution in [0.15, 0.2) is 9.42 Å². The summed E-state index contributed by atoms with van der Waals surface area (Å²) in [6, 6.07) is 0.0856. The molecule has 0 radical (unpaired) electrons. The Morgan fingerprint density at radius 3 is 2.53 bits per heavy atom. The van der Waals surface area contributed by atoms with Gasteiger partial charge in [0.05, 0.1) is 0 Å². The fraction of sp³-hybridized carbons (Fsp3) is 0.769. The van der Waals surface area contributed by atoms with Crippen molar-refractivity contribution in [3.63, 3.8) is 0 Å². The number of hydrogen-bond donors (Lipinski definition) is 0. The van der Waals surface area contributed by atoms with E-state index < -0.39 is 10.0 Å². The Labute approximate surface area is 115 Å². The third kappa shape index (κ3) is 2.69. The predicted octanol–water partition coefficient (Wildman–Crippen LogP) is 2.49. The van der Waals surface area contributed by atoms with Crippen LogP contribution in [-0.2, 0) is 10.0 Å². The molecule has 0 unspecified atom stereocenters. The lowest BCUT2D eigenvalue weighted by atomic mass is 9.87. The van der Waals surface area contributed by atoms with Crippen molar-refractivity contribution in [1.29, 1.82) is 0 Å². The second-order valence-electron chi connectivity index (χ2n) is 5.60. The van der Waals surface area contributed by atoms with Crippen molar-refractivity contribution in [3.8, 4) is 0 Å². The predicted molar refractivity (Wildman–Crippen MR) is 72.3 cm³/mol. The fourth-order valence-corrected chi connectivity index (χ4v) is 4.60. The maximum atomic E-state index is 12.7. The summed E-state index contributed by atoms with van der Waals surface area (Å²) >= 11 is 0. The molecule has 0 aliphatic heterocycles. The third-order valence-electron chi connectivity index (χ3n) is 4.03. The average molecular weight is 286 g/mol. The summed E-state index contributed by atoms with van der Waals surface area (Å²) in [4.78, 5) is 0.230. The summed E-state index contributed by atoms with van der Waals surface area (Å²) in [5, 5.41) is 3.74. The van der Waals surface area contributed by atoms with Crippen LogP contribution < -0.4 is 0 Å². The highest BCUT2D eigenvalue weighted by atomic mass is 32.2. The lowest BCUT2D eigenvalue weighted by Crippen LogP contribution is -2.40. The van der Waals surface area contributed by atoms with Gasteiger partial charge in [0.2, 0.25) is 10.0 Å². The molecule has 0 aromatic carbocycles. The van der Waals surface area contributed by atoms with E-state index >= 15 is 0 Å². The minimum absolute atomic E-state index is 0.0856. The normalized spacial score (nSPS) is 24.9. The quantitative estimate of drug-likeness (QED) is 0.856. The van der Waals surface area contributed by atoms with Gasteiger partial charge in [0, 0.05) is 13.1 Å². The van der Waals surface area contributed by atoms with Crippen molar-refractivity contribution in [1.82, 2.24) is 9.46 Å². The second-order valence-corrected chi connectivity index (χ2v) is 7.53. The average Bonchev–Trinajstić information content (AvgIpc) is 2.68. The standard InChI is InChI=1S/C13H22N2O3S/c1-9-6-5-7-12(8-9)15(4)19(16,17)13-10(2)14-18-11(13)3/h9,12H,5-8H2,1-4H3/t9-,12+/m1/s1. The summed E-state index contributed by atoms with van der Waals surface area (Å²) in [5.41, 5.74) is 0.438. The van der Waals surface area contributed by atoms with Crippen molar-refractivity contribution in [3.05, 3.63) is 11.5 Å². The van der Waals surface area contributed by atoms with Crippen molar-refractivity contribution >= 4 is 10.0 Å². The molecule has 1 saturated carbocycles. The first kappa shape index (κ1) is 14.5. The zero-order valence-corrected chi connectivity index (χ0v) is 12.8. The molecule has 19 heavy (non-hydrogen) atoms. The highest BCUT2D eigenvalue weighted by Gasteiger charge is 2.34. The van der Waals surface area contributed by atoms with E-state index in [0.29, 0.717) is 17.4 Å². The van der Waals surface area contributed by atoms with Gasteiger partial charge in [-0.15, -0.1) is 0 Å². The third-order valence-corrected chi connectivity index (χ3v) is 6.18. The summed E-state index contributed by atoms with van der Waals surface area (Å²) in [7, 11) is -1.83. The van der Waals surface area contributed by atoms with Crippen LogP contribution in [0.1, 0.15) is 44.1 Å². The number of nitrogens with zero attached hydrogens (tertiary/aromatic N) is 2. The lowest BCUT2D eigenvalue weighted by Gasteiger charge is -2.33. The van der Waals surface area contributed by atoms with Gasteiger partial charge in [-0.3, -0.25) is 0 Å². The van der Waals surface area contributed by atoms with Crippen LogP contribution in [-0.4, -0.2) is 31.0 Å². The summed E-state index contributed by atoms with van der Waals surface area (Å²) < 4.78 is 31.8. The molecule has 0 saturated heterocycles. The molecule has 5 nitrogen and oxygen atoms in total. The Kier molecular flexibility index (Phi) is 4.01. The molecular weight excluding hydrogens is 264 g/mol. The first-order valence-corrected chi connectivity index (χ1v) is 8.19. The van der Waals surface area contributed by atoms with Crippen LogP contribution in [0.3, 0.4) is 0 Å². The SMILES string of the molecule is Cc1noc(C)c1S(=O)(=O)N(C)[C@H]1CCC[C@@H](C)C1. The van der Waals surface area contributed by atoms with Crippen LogP contribution >= 0.6 is 0 Å². The molecule has 2 atom stereocenters. The van der Waals surface area contributed by atoms with Crippen molar-refractivity contribution < 1.29 is 12.9 Å². The molecule has 0 bridgehead atoms. The minimum Gasteiger partial charge on any atom is -0.360 e. The van der Waals surface area contributed by atoms with Crippen LogP contribution in [0.2, 0.25) is 0 Å². The molecule has 2 rings (SSSR count). The Morgan fingerprint density at radius 2 is 2.00 bits per heavy atom. The van der Waals surface area contributed by atoms with Gasteiger partial charge in [0.25, 0.3) is 0 Å². The lowest BCUT2D eigenvalue weighted by molar-refractivity contribution is 0.239. The Balaban J connectivity index is 2.29. The largest absolute Gasteiger partial charge is 0.360 e. The summed E-state index contributed by atoms with van der Waals surface area (Å²) in [5.74, 6) is 0.953. The minimum atomic E-state index is -3.50. The van der Waals surface area contributed by atoms with E-state index in [1.807, 2.05) is 0 Å². The van der Waals surface area contributed by atoms with Crippen LogP contribution in [0, 0.1) is 19.8 Å². The monoisotopic (exact) mass is 286 g/mol. The van der Waals surface area contributed by atoms with E-state index in [0.717, 1.165) is 19.3 Å². The number of aromatic nitrogens is 1. The molecular formula is C13H22N2O3S. The maximum Gasteiger partial charge on any atom is 0.248 e. The highest BCUT2D eigenvalue weighted by molar-refractivity contribution is 7.89. The first-order chi connectivity index (χ1) is 8.84. The van der Waals surface area contributed by atoms with Gasteiger partial charge in [0.15, 0.2) is 5.76 Å². The molecule has 1 aromatic rings. The van der Waals surface area contributed by atoms with Crippen LogP contribution in [0.25, 0.3) is 0 Å². The highest BCUT2D eigenvalue weighted by Crippen LogP contribution is 2.31. The molecule has 1 aliphatic rings. The van der Waals surface area contributed by atoms with Gasteiger partial charge >= 0.3 is 0 Å². The van der Waals surface area contributed by atoms with Gasteiger partial charge in [-0.2, -0.15) is 4.31 Å². The zero-order chi connectivity index (χ0) is 14.2. The molecule has 1 fully saturated rings. The van der Waals surface area contributed by atoms with Gasteiger partial charge < -0.3 is 4.52 Å². The van der Waals surface area contributed by atoms with Gasteiger partial charge in [0.1, 0.15) is 10.6 Å². The molecule has 1 aliphatic carbocycles. The van der Waals surface area contributed by atoms with Gasteiger partial charge in [-0.1, -0.05) is 24.9 Å². The molecule has 0 amide bonds. The maximum absolute atomic E-state index is 12.7. The summed E-state index contributed by atoms with van der Waals surface area (Å²) in [6.45, 7) is 5.49. The van der Waals surface area contributed by atoms with E-state index in [9.17, 15) is 8.42 Å². The van der Waals surface area contributed by atoms with Crippen LogP contribution in [0.5, 0.6) is 0 Å². The Bertz CT molecular complexity index is 531. The zero-order valence-electron chi connectivity index (χ0n) is 12.0. The first-order valence-electron chi connectivity index (χ1n) is 6.75. The number of aryl methyl sites for hydroxylation is 2. The smallest absolute Gasteiger partial charge is 0.248 e. The molecule has 1 aromatic heterocycles. The van der Waals surface area contributed by atoms with Gasteiger partial charge in [-0.05, 0) is 32.6 Å². The molecule has 0 spiro atoms. The van der Waals surface area contributed by atoms with Gasteiger partial charge in [-0.25, -0.2) is 8.42 Å². The van der Waals surface area contributed by atoms with Crippen LogP contribution in [0.4, 0.5) is 0 Å². The number of sulfonamides is 1. The Morgan fingerprint density at radius 1 is 1.32 bits per heavy atom. The van der Waals surface area contributed by atoms with E-state index in [4.69, 9.17) is 4.52 Å². The number of hydrogen-bond acceptors (Lipinski definition) is 4. The molecule has 6 heteroatoms. The van der Waals surface area contributed by atoms with Crippen molar-refractivity contribution in [2.45, 2.75) is 57.4 Å². The van der Waals surface area contributed by atoms with E-state index in [2.05, 4.69) is 12.1 Å². The Hall–Kier alpha value is -0.880. The second kappa shape index (κ2) is 5.25. The van der Waals surface area contributed by atoms with E-state index in [1.54, 1.807) is 20.9 Å². The fourth-order valence-electron chi connectivity index (χ4n) is 2.92. The molecule has 1 heterocycles. The topological polar surface area (TPSA) is 63.4 Å². The van der Waals surface area contributed by atoms with Crippen molar-refractivity contribution in [2.75, 3.05) is 7.05 Å². The van der Waals surface area contributed by atoms with Crippen molar-refractivity contribution in [2.24, 2.45) is 5.92 Å². The molecule has 108 valence electrons. The van der Waals surface area contributed by atoms with E-state index in [1.165, 1.54) is 10.7 Å². The van der Waals surface area contributed by atoms with E-state index in [-0.39, 0.29) is 10.9 Å². The summed E-state index contributed by atoms with van der Waals surface area (Å²) in [6.07, 6.45) is 4.14. The molecule has 0 N–H and O–H groups in total.